The fraction of sp³-hybridized carbons (Fsp3) is 0.316. The maximum atomic E-state index is 13.8. The standard InChI is InChI=1S/C19H21F2N3O2.HI/c1-2-22-19(23-12-13-10-14(20)4-6-16(13)21)24-15-5-7-17-18(11-15)26-9-3-8-25-17;/h4-7,10-11H,2-3,8-9,12H2,1H3,(H2,22,23,24);1H. The fourth-order valence-electron chi connectivity index (χ4n) is 2.51. The molecule has 0 spiro atoms. The molecule has 1 aliphatic heterocycles. The highest BCUT2D eigenvalue weighted by Gasteiger charge is 2.11. The Bertz CT molecular complexity index is 803. The summed E-state index contributed by atoms with van der Waals surface area (Å²) in [5.41, 5.74) is 0.953. The van der Waals surface area contributed by atoms with E-state index in [4.69, 9.17) is 9.47 Å². The van der Waals surface area contributed by atoms with Crippen molar-refractivity contribution in [1.29, 1.82) is 0 Å². The van der Waals surface area contributed by atoms with E-state index in [2.05, 4.69) is 15.6 Å². The highest BCUT2D eigenvalue weighted by molar-refractivity contribution is 14.0. The number of ether oxygens (including phenoxy) is 2. The van der Waals surface area contributed by atoms with Gasteiger partial charge < -0.3 is 20.1 Å². The molecule has 1 aliphatic rings. The van der Waals surface area contributed by atoms with Crippen LogP contribution in [-0.4, -0.2) is 25.7 Å². The summed E-state index contributed by atoms with van der Waals surface area (Å²) in [6.45, 7) is 3.80. The van der Waals surface area contributed by atoms with Crippen LogP contribution in [0.1, 0.15) is 18.9 Å². The third kappa shape index (κ3) is 5.95. The Morgan fingerprint density at radius 2 is 1.85 bits per heavy atom. The summed E-state index contributed by atoms with van der Waals surface area (Å²) in [5, 5.41) is 6.22. The Morgan fingerprint density at radius 3 is 2.63 bits per heavy atom. The molecule has 1 heterocycles. The summed E-state index contributed by atoms with van der Waals surface area (Å²) in [6.07, 6.45) is 0.834. The lowest BCUT2D eigenvalue weighted by atomic mass is 10.2. The van der Waals surface area contributed by atoms with Crippen molar-refractivity contribution >= 4 is 35.6 Å². The van der Waals surface area contributed by atoms with Gasteiger partial charge in [0.2, 0.25) is 0 Å². The van der Waals surface area contributed by atoms with E-state index < -0.39 is 11.6 Å². The minimum atomic E-state index is -0.488. The van der Waals surface area contributed by atoms with E-state index in [1.165, 1.54) is 0 Å². The highest BCUT2D eigenvalue weighted by atomic mass is 127. The number of rotatable bonds is 4. The number of nitrogens with zero attached hydrogens (tertiary/aromatic N) is 1. The minimum absolute atomic E-state index is 0. The smallest absolute Gasteiger partial charge is 0.196 e. The van der Waals surface area contributed by atoms with Gasteiger partial charge in [-0.05, 0) is 37.3 Å². The van der Waals surface area contributed by atoms with Crippen molar-refractivity contribution in [3.8, 4) is 11.5 Å². The number of aliphatic imine (C=N–C) groups is 1. The van der Waals surface area contributed by atoms with Gasteiger partial charge in [-0.2, -0.15) is 0 Å². The number of halogens is 3. The molecule has 0 bridgehead atoms. The van der Waals surface area contributed by atoms with Crippen LogP contribution in [0.25, 0.3) is 0 Å². The van der Waals surface area contributed by atoms with Crippen LogP contribution in [0.2, 0.25) is 0 Å². The summed E-state index contributed by atoms with van der Waals surface area (Å²) in [7, 11) is 0. The van der Waals surface area contributed by atoms with Crippen LogP contribution in [0.5, 0.6) is 11.5 Å². The second-order valence-electron chi connectivity index (χ2n) is 5.77. The van der Waals surface area contributed by atoms with Gasteiger partial charge in [0.15, 0.2) is 17.5 Å². The van der Waals surface area contributed by atoms with Gasteiger partial charge in [0.25, 0.3) is 0 Å². The Kier molecular flexibility index (Phi) is 8.08. The lowest BCUT2D eigenvalue weighted by Crippen LogP contribution is -2.30. The van der Waals surface area contributed by atoms with Crippen LogP contribution < -0.4 is 20.1 Å². The Hall–Kier alpha value is -2.10. The first kappa shape index (κ1) is 21.2. The molecule has 0 saturated heterocycles. The fourth-order valence-corrected chi connectivity index (χ4v) is 2.51. The topological polar surface area (TPSA) is 54.9 Å². The molecular formula is C19H22F2IN3O2. The third-order valence-electron chi connectivity index (χ3n) is 3.77. The van der Waals surface area contributed by atoms with Gasteiger partial charge in [-0.25, -0.2) is 13.8 Å². The first-order valence-electron chi connectivity index (χ1n) is 8.54. The second-order valence-corrected chi connectivity index (χ2v) is 5.77. The van der Waals surface area contributed by atoms with Gasteiger partial charge in [-0.3, -0.25) is 0 Å². The average Bonchev–Trinajstić information content (AvgIpc) is 2.87. The molecule has 2 aromatic rings. The van der Waals surface area contributed by atoms with Crippen LogP contribution in [0, 0.1) is 11.6 Å². The zero-order chi connectivity index (χ0) is 18.4. The Morgan fingerprint density at radius 1 is 1.07 bits per heavy atom. The van der Waals surface area contributed by atoms with Crippen molar-refractivity contribution in [1.82, 2.24) is 5.32 Å². The van der Waals surface area contributed by atoms with Crippen LogP contribution in [0.4, 0.5) is 14.5 Å². The van der Waals surface area contributed by atoms with Gasteiger partial charge in [-0.15, -0.1) is 24.0 Å². The maximum absolute atomic E-state index is 13.8. The predicted octanol–water partition coefficient (Wildman–Crippen LogP) is 4.32. The monoisotopic (exact) mass is 489 g/mol. The normalized spacial score (nSPS) is 13.4. The van der Waals surface area contributed by atoms with Crippen LogP contribution in [0.3, 0.4) is 0 Å². The number of benzene rings is 2. The molecule has 2 aromatic carbocycles. The van der Waals surface area contributed by atoms with Gasteiger partial charge in [0.1, 0.15) is 11.6 Å². The van der Waals surface area contributed by atoms with E-state index in [9.17, 15) is 8.78 Å². The maximum Gasteiger partial charge on any atom is 0.196 e. The van der Waals surface area contributed by atoms with E-state index in [0.717, 1.165) is 30.3 Å². The first-order chi connectivity index (χ1) is 12.7. The van der Waals surface area contributed by atoms with Crippen molar-refractivity contribution in [2.75, 3.05) is 25.1 Å². The van der Waals surface area contributed by atoms with Crippen LogP contribution in [0.15, 0.2) is 41.4 Å². The lowest BCUT2D eigenvalue weighted by molar-refractivity contribution is 0.297. The summed E-state index contributed by atoms with van der Waals surface area (Å²) in [4.78, 5) is 4.33. The molecule has 0 fully saturated rings. The van der Waals surface area contributed by atoms with E-state index >= 15 is 0 Å². The molecule has 0 aromatic heterocycles. The van der Waals surface area contributed by atoms with Crippen molar-refractivity contribution < 1.29 is 18.3 Å². The van der Waals surface area contributed by atoms with E-state index in [-0.39, 0.29) is 36.1 Å². The number of guanidine groups is 1. The number of anilines is 1. The molecule has 0 amide bonds. The molecule has 0 atom stereocenters. The number of hydrogen-bond acceptors (Lipinski definition) is 3. The van der Waals surface area contributed by atoms with E-state index in [1.807, 2.05) is 25.1 Å². The largest absolute Gasteiger partial charge is 0.490 e. The summed E-state index contributed by atoms with van der Waals surface area (Å²) < 4.78 is 38.3. The van der Waals surface area contributed by atoms with E-state index in [1.54, 1.807) is 0 Å². The molecule has 0 saturated carbocycles. The quantitative estimate of drug-likeness (QED) is 0.382. The number of nitrogens with one attached hydrogen (secondary N) is 2. The zero-order valence-electron chi connectivity index (χ0n) is 14.9. The van der Waals surface area contributed by atoms with Crippen molar-refractivity contribution in [3.05, 3.63) is 53.6 Å². The minimum Gasteiger partial charge on any atom is -0.490 e. The lowest BCUT2D eigenvalue weighted by Gasteiger charge is -2.14. The summed E-state index contributed by atoms with van der Waals surface area (Å²) >= 11 is 0. The zero-order valence-corrected chi connectivity index (χ0v) is 17.3. The molecule has 5 nitrogen and oxygen atoms in total. The average molecular weight is 489 g/mol. The molecule has 0 aliphatic carbocycles. The van der Waals surface area contributed by atoms with Gasteiger partial charge >= 0.3 is 0 Å². The number of fused-ring (bicyclic) bond motifs is 1. The molecule has 3 rings (SSSR count). The SMILES string of the molecule is CCNC(=NCc1cc(F)ccc1F)Nc1ccc2c(c1)OCCCO2.I. The van der Waals surface area contributed by atoms with Crippen molar-refractivity contribution in [2.45, 2.75) is 19.9 Å². The molecule has 8 heteroatoms. The first-order valence-corrected chi connectivity index (χ1v) is 8.54. The van der Waals surface area contributed by atoms with Gasteiger partial charge in [-0.1, -0.05) is 0 Å². The Labute approximate surface area is 174 Å². The number of hydrogen-bond donors (Lipinski definition) is 2. The van der Waals surface area contributed by atoms with Gasteiger partial charge in [0, 0.05) is 30.3 Å². The van der Waals surface area contributed by atoms with Crippen molar-refractivity contribution in [2.24, 2.45) is 4.99 Å². The molecule has 2 N–H and O–H groups in total. The molecule has 146 valence electrons. The molecular weight excluding hydrogens is 467 g/mol. The molecule has 0 radical (unpaired) electrons. The third-order valence-corrected chi connectivity index (χ3v) is 3.77. The van der Waals surface area contributed by atoms with Crippen LogP contribution in [-0.2, 0) is 6.54 Å². The second kappa shape index (κ2) is 10.3. The molecule has 27 heavy (non-hydrogen) atoms. The van der Waals surface area contributed by atoms with E-state index in [0.29, 0.717) is 37.2 Å². The summed E-state index contributed by atoms with van der Waals surface area (Å²) in [6, 6.07) is 8.85. The summed E-state index contributed by atoms with van der Waals surface area (Å²) in [5.74, 6) is 0.862. The van der Waals surface area contributed by atoms with Gasteiger partial charge in [0.05, 0.1) is 19.8 Å². The highest BCUT2D eigenvalue weighted by Crippen LogP contribution is 2.32. The molecule has 0 unspecified atom stereocenters. The van der Waals surface area contributed by atoms with Crippen LogP contribution >= 0.6 is 24.0 Å². The Balaban J connectivity index is 0.00000261. The van der Waals surface area contributed by atoms with Crippen molar-refractivity contribution in [3.63, 3.8) is 0 Å². The predicted molar refractivity (Wildman–Crippen MR) is 112 cm³/mol.